The van der Waals surface area contributed by atoms with Gasteiger partial charge in [0.25, 0.3) is 0 Å². The van der Waals surface area contributed by atoms with Crippen LogP contribution in [0.3, 0.4) is 0 Å². The molecule has 2 saturated heterocycles. The smallest absolute Gasteiger partial charge is 0.193 e. The Morgan fingerprint density at radius 2 is 1.94 bits per heavy atom. The van der Waals surface area contributed by atoms with Crippen molar-refractivity contribution in [1.82, 2.24) is 20.1 Å². The van der Waals surface area contributed by atoms with E-state index in [9.17, 15) is 0 Å². The van der Waals surface area contributed by atoms with E-state index in [1.807, 2.05) is 7.05 Å². The van der Waals surface area contributed by atoms with Crippen LogP contribution in [0.25, 0.3) is 10.9 Å². The second-order valence-electron chi connectivity index (χ2n) is 8.44. The Bertz CT molecular complexity index is 1000. The summed E-state index contributed by atoms with van der Waals surface area (Å²) in [6.45, 7) is 5.45. The van der Waals surface area contributed by atoms with Gasteiger partial charge in [0.1, 0.15) is 0 Å². The van der Waals surface area contributed by atoms with Crippen LogP contribution in [-0.2, 0) is 17.7 Å². The zero-order valence-electron chi connectivity index (χ0n) is 18.5. The fraction of sp³-hybridized carbons (Fsp3) is 0.400. The van der Waals surface area contributed by atoms with Crippen LogP contribution in [0.4, 0.5) is 0 Å². The lowest BCUT2D eigenvalue weighted by Crippen LogP contribution is -2.50. The Labute approximate surface area is 207 Å². The summed E-state index contributed by atoms with van der Waals surface area (Å²) in [6.07, 6.45) is 1.18. The molecule has 2 unspecified atom stereocenters. The highest BCUT2D eigenvalue weighted by molar-refractivity contribution is 14.0. The molecule has 3 heterocycles. The Hall–Kier alpha value is -2.10. The monoisotopic (exact) mass is 545 g/mol. The highest BCUT2D eigenvalue weighted by Gasteiger charge is 2.41. The van der Waals surface area contributed by atoms with Gasteiger partial charge >= 0.3 is 0 Å². The van der Waals surface area contributed by atoms with Crippen molar-refractivity contribution < 1.29 is 4.74 Å². The lowest BCUT2D eigenvalue weighted by atomic mass is 10.1. The number of morpholine rings is 1. The van der Waals surface area contributed by atoms with Crippen LogP contribution >= 0.6 is 24.0 Å². The number of aromatic nitrogens is 1. The van der Waals surface area contributed by atoms with Gasteiger partial charge in [0, 0.05) is 57.4 Å². The number of likely N-dealkylation sites (tertiary alicyclic amines) is 1. The lowest BCUT2D eigenvalue weighted by molar-refractivity contribution is -0.0502. The van der Waals surface area contributed by atoms with Crippen molar-refractivity contribution in [2.45, 2.75) is 25.1 Å². The first-order valence-electron chi connectivity index (χ1n) is 11.2. The van der Waals surface area contributed by atoms with Gasteiger partial charge in [0.15, 0.2) is 5.96 Å². The lowest BCUT2D eigenvalue weighted by Gasteiger charge is -2.36. The third-order valence-corrected chi connectivity index (χ3v) is 6.42. The maximum absolute atomic E-state index is 6.13. The van der Waals surface area contributed by atoms with Crippen LogP contribution < -0.4 is 5.32 Å². The van der Waals surface area contributed by atoms with Crippen molar-refractivity contribution >= 4 is 40.8 Å². The number of rotatable bonds is 5. The van der Waals surface area contributed by atoms with E-state index < -0.39 is 0 Å². The molecule has 6 nitrogen and oxygen atoms in total. The predicted octanol–water partition coefficient (Wildman–Crippen LogP) is 3.49. The number of aliphatic imine (C=N–C) groups is 1. The number of halogens is 1. The minimum Gasteiger partial charge on any atom is -0.373 e. The molecule has 0 saturated carbocycles. The maximum atomic E-state index is 6.13. The fourth-order valence-electron chi connectivity index (χ4n) is 4.85. The van der Waals surface area contributed by atoms with E-state index in [0.29, 0.717) is 6.04 Å². The number of H-pyrrole nitrogens is 1. The standard InChI is InChI=1S/C25H31N5O.HI/c1-26-25(27-12-11-21-15-20-9-5-6-10-22(20)28-21)30-17-23-24(18-30)31-14-13-29(23)16-19-7-3-2-4-8-19;/h2-10,15,23-24,28H,11-14,16-18H2,1H3,(H,26,27);1H. The van der Waals surface area contributed by atoms with Gasteiger partial charge in [-0.25, -0.2) is 0 Å². The van der Waals surface area contributed by atoms with Crippen molar-refractivity contribution in [3.05, 3.63) is 71.9 Å². The van der Waals surface area contributed by atoms with E-state index in [0.717, 1.165) is 51.7 Å². The van der Waals surface area contributed by atoms with Gasteiger partial charge in [-0.2, -0.15) is 0 Å². The van der Waals surface area contributed by atoms with E-state index in [1.54, 1.807) is 0 Å². The van der Waals surface area contributed by atoms with Crippen LogP contribution in [0.5, 0.6) is 0 Å². The van der Waals surface area contributed by atoms with Crippen molar-refractivity contribution in [3.63, 3.8) is 0 Å². The zero-order valence-corrected chi connectivity index (χ0v) is 20.9. The molecule has 1 aromatic heterocycles. The minimum absolute atomic E-state index is 0. The number of ether oxygens (including phenoxy) is 1. The Balaban J connectivity index is 0.00000245. The number of hydrogen-bond acceptors (Lipinski definition) is 3. The molecule has 0 bridgehead atoms. The molecule has 170 valence electrons. The number of fused-ring (bicyclic) bond motifs is 2. The summed E-state index contributed by atoms with van der Waals surface area (Å²) < 4.78 is 6.13. The molecule has 0 radical (unpaired) electrons. The average molecular weight is 545 g/mol. The number of aromatic amines is 1. The summed E-state index contributed by atoms with van der Waals surface area (Å²) in [5, 5.41) is 4.83. The van der Waals surface area contributed by atoms with E-state index >= 15 is 0 Å². The van der Waals surface area contributed by atoms with Gasteiger partial charge < -0.3 is 19.9 Å². The molecule has 2 N–H and O–H groups in total. The van der Waals surface area contributed by atoms with E-state index in [-0.39, 0.29) is 30.1 Å². The molecule has 7 heteroatoms. The van der Waals surface area contributed by atoms with Crippen LogP contribution in [0.15, 0.2) is 65.7 Å². The normalized spacial score (nSPS) is 21.4. The van der Waals surface area contributed by atoms with Gasteiger partial charge in [-0.05, 0) is 23.1 Å². The molecule has 5 rings (SSSR count). The first-order chi connectivity index (χ1) is 15.3. The summed E-state index contributed by atoms with van der Waals surface area (Å²) in [5.41, 5.74) is 3.81. The maximum Gasteiger partial charge on any atom is 0.193 e. The first kappa shape index (κ1) is 23.1. The molecule has 2 fully saturated rings. The first-order valence-corrected chi connectivity index (χ1v) is 11.2. The summed E-state index contributed by atoms with van der Waals surface area (Å²) >= 11 is 0. The van der Waals surface area contributed by atoms with Gasteiger partial charge in [-0.3, -0.25) is 9.89 Å². The summed E-state index contributed by atoms with van der Waals surface area (Å²) in [5.74, 6) is 0.966. The van der Waals surface area contributed by atoms with Crippen molar-refractivity contribution in [2.75, 3.05) is 39.8 Å². The number of benzene rings is 2. The molecule has 2 aliphatic heterocycles. The quantitative estimate of drug-likeness (QED) is 0.293. The van der Waals surface area contributed by atoms with Crippen molar-refractivity contribution in [1.29, 1.82) is 0 Å². The van der Waals surface area contributed by atoms with Crippen LogP contribution in [0, 0.1) is 0 Å². The van der Waals surface area contributed by atoms with E-state index in [2.05, 4.69) is 85.8 Å². The summed E-state index contributed by atoms with van der Waals surface area (Å²) in [7, 11) is 1.87. The molecule has 2 aliphatic rings. The van der Waals surface area contributed by atoms with Crippen LogP contribution in [0.2, 0.25) is 0 Å². The molecule has 3 aromatic rings. The number of nitrogens with one attached hydrogen (secondary N) is 2. The predicted molar refractivity (Wildman–Crippen MR) is 141 cm³/mol. The van der Waals surface area contributed by atoms with E-state index in [4.69, 9.17) is 4.74 Å². The van der Waals surface area contributed by atoms with Crippen LogP contribution in [-0.4, -0.2) is 72.7 Å². The Morgan fingerprint density at radius 3 is 2.75 bits per heavy atom. The van der Waals surface area contributed by atoms with E-state index in [1.165, 1.54) is 22.2 Å². The third-order valence-electron chi connectivity index (χ3n) is 6.42. The molecular weight excluding hydrogens is 513 g/mol. The van der Waals surface area contributed by atoms with Crippen molar-refractivity contribution in [2.24, 2.45) is 4.99 Å². The van der Waals surface area contributed by atoms with Crippen molar-refractivity contribution in [3.8, 4) is 0 Å². The number of nitrogens with zero attached hydrogens (tertiary/aromatic N) is 3. The number of hydrogen-bond donors (Lipinski definition) is 2. The van der Waals surface area contributed by atoms with Crippen LogP contribution in [0.1, 0.15) is 11.3 Å². The number of para-hydroxylation sites is 1. The Kier molecular flexibility index (Phi) is 7.70. The average Bonchev–Trinajstić information content (AvgIpc) is 3.42. The third kappa shape index (κ3) is 5.10. The molecule has 0 spiro atoms. The Morgan fingerprint density at radius 1 is 1.12 bits per heavy atom. The molecular formula is C25H32IN5O. The topological polar surface area (TPSA) is 55.9 Å². The van der Waals surface area contributed by atoms with Gasteiger partial charge in [0.05, 0.1) is 18.8 Å². The summed E-state index contributed by atoms with van der Waals surface area (Å²) in [6, 6.07) is 21.8. The second-order valence-corrected chi connectivity index (χ2v) is 8.44. The molecule has 0 aliphatic carbocycles. The second kappa shape index (κ2) is 10.7. The molecule has 0 amide bonds. The highest BCUT2D eigenvalue weighted by atomic mass is 127. The minimum atomic E-state index is 0. The molecule has 32 heavy (non-hydrogen) atoms. The van der Waals surface area contributed by atoms with Gasteiger partial charge in [0.2, 0.25) is 0 Å². The number of guanidine groups is 1. The molecule has 2 atom stereocenters. The largest absolute Gasteiger partial charge is 0.373 e. The SMILES string of the molecule is CN=C(NCCc1cc2ccccc2[nH]1)N1CC2OCCN(Cc3ccccc3)C2C1.I. The van der Waals surface area contributed by atoms with Gasteiger partial charge in [-0.15, -0.1) is 24.0 Å². The summed E-state index contributed by atoms with van der Waals surface area (Å²) in [4.78, 5) is 13.0. The highest BCUT2D eigenvalue weighted by Crippen LogP contribution is 2.24. The zero-order chi connectivity index (χ0) is 21.0. The molecule has 2 aromatic carbocycles. The van der Waals surface area contributed by atoms with Gasteiger partial charge in [-0.1, -0.05) is 48.5 Å². The fourth-order valence-corrected chi connectivity index (χ4v) is 4.85.